The van der Waals surface area contributed by atoms with E-state index in [0.717, 1.165) is 36.8 Å². The van der Waals surface area contributed by atoms with Crippen LogP contribution in [0.2, 0.25) is 0 Å². The van der Waals surface area contributed by atoms with Crippen molar-refractivity contribution < 1.29 is 14.3 Å². The number of hydrogen-bond donors (Lipinski definition) is 2. The summed E-state index contributed by atoms with van der Waals surface area (Å²) in [6, 6.07) is 6.46. The summed E-state index contributed by atoms with van der Waals surface area (Å²) in [5, 5.41) is 10.3. The number of amides is 3. The van der Waals surface area contributed by atoms with Crippen LogP contribution in [0.3, 0.4) is 0 Å². The standard InChI is InChI=1S/C15H16N4O3/c20-14-13(16-15(21)17-14)12-9-5-1-2-6-10(9)19(18-12)11-7-3-4-8-22-11/h1-2,5-6,11,13H,3-4,7-8H2,(H2,16,17,20,21)/t11-,13-/m0/s1. The van der Waals surface area contributed by atoms with Crippen molar-refractivity contribution in [3.8, 4) is 0 Å². The maximum absolute atomic E-state index is 11.9. The molecule has 2 N–H and O–H groups in total. The van der Waals surface area contributed by atoms with Gasteiger partial charge in [-0.2, -0.15) is 5.10 Å². The van der Waals surface area contributed by atoms with E-state index in [9.17, 15) is 9.59 Å². The van der Waals surface area contributed by atoms with Gasteiger partial charge in [-0.1, -0.05) is 18.2 Å². The Bertz CT molecular complexity index is 748. The molecule has 7 nitrogen and oxygen atoms in total. The number of para-hydroxylation sites is 1. The van der Waals surface area contributed by atoms with Gasteiger partial charge < -0.3 is 10.1 Å². The van der Waals surface area contributed by atoms with Gasteiger partial charge in [-0.25, -0.2) is 9.48 Å². The minimum atomic E-state index is -0.748. The largest absolute Gasteiger partial charge is 0.356 e. The van der Waals surface area contributed by atoms with Crippen molar-refractivity contribution in [3.05, 3.63) is 30.0 Å². The SMILES string of the molecule is O=C1NC(=O)[C@H](c2nn([C@@H]3CCCCO3)c3ccccc23)N1. The highest BCUT2D eigenvalue weighted by Crippen LogP contribution is 2.31. The molecule has 22 heavy (non-hydrogen) atoms. The van der Waals surface area contributed by atoms with E-state index in [1.54, 1.807) is 0 Å². The van der Waals surface area contributed by atoms with Gasteiger partial charge in [0.05, 0.1) is 5.52 Å². The summed E-state index contributed by atoms with van der Waals surface area (Å²) in [5.41, 5.74) is 1.48. The van der Waals surface area contributed by atoms with Crippen LogP contribution in [-0.2, 0) is 9.53 Å². The first-order valence-corrected chi connectivity index (χ1v) is 7.44. The van der Waals surface area contributed by atoms with Gasteiger partial charge >= 0.3 is 6.03 Å². The summed E-state index contributed by atoms with van der Waals surface area (Å²) >= 11 is 0. The number of benzene rings is 1. The lowest BCUT2D eigenvalue weighted by molar-refractivity contribution is -0.120. The lowest BCUT2D eigenvalue weighted by Gasteiger charge is -2.23. The number of rotatable bonds is 2. The third-order valence-corrected chi connectivity index (χ3v) is 4.12. The van der Waals surface area contributed by atoms with Gasteiger partial charge in [-0.3, -0.25) is 10.1 Å². The Labute approximate surface area is 126 Å². The second kappa shape index (κ2) is 5.10. The fraction of sp³-hybridized carbons (Fsp3) is 0.400. The second-order valence-electron chi connectivity index (χ2n) is 5.56. The molecule has 1 aromatic heterocycles. The molecule has 2 aromatic rings. The Morgan fingerprint density at radius 3 is 2.82 bits per heavy atom. The lowest BCUT2D eigenvalue weighted by atomic mass is 10.1. The third kappa shape index (κ3) is 2.05. The zero-order chi connectivity index (χ0) is 15.1. The zero-order valence-electron chi connectivity index (χ0n) is 11.9. The van der Waals surface area contributed by atoms with Crippen LogP contribution in [0.15, 0.2) is 24.3 Å². The van der Waals surface area contributed by atoms with E-state index in [1.807, 2.05) is 28.9 Å². The van der Waals surface area contributed by atoms with Gasteiger partial charge in [0.2, 0.25) is 0 Å². The monoisotopic (exact) mass is 300 g/mol. The number of imide groups is 1. The molecule has 0 radical (unpaired) electrons. The van der Waals surface area contributed by atoms with Gasteiger partial charge in [0.1, 0.15) is 5.69 Å². The summed E-state index contributed by atoms with van der Waals surface area (Å²) in [6.45, 7) is 0.717. The fourth-order valence-electron chi connectivity index (χ4n) is 3.07. The Hall–Kier alpha value is -2.41. The minimum absolute atomic E-state index is 0.118. The number of fused-ring (bicyclic) bond motifs is 1. The van der Waals surface area contributed by atoms with Gasteiger partial charge in [-0.05, 0) is 25.3 Å². The molecule has 7 heteroatoms. The van der Waals surface area contributed by atoms with Crippen molar-refractivity contribution in [2.24, 2.45) is 0 Å². The highest BCUT2D eigenvalue weighted by atomic mass is 16.5. The Morgan fingerprint density at radius 2 is 2.09 bits per heavy atom. The van der Waals surface area contributed by atoms with Crippen molar-refractivity contribution in [2.45, 2.75) is 31.5 Å². The van der Waals surface area contributed by atoms with Crippen molar-refractivity contribution in [3.63, 3.8) is 0 Å². The van der Waals surface area contributed by atoms with E-state index in [0.29, 0.717) is 5.69 Å². The summed E-state index contributed by atoms with van der Waals surface area (Å²) in [6.07, 6.45) is 2.93. The van der Waals surface area contributed by atoms with Gasteiger partial charge in [-0.15, -0.1) is 0 Å². The molecule has 2 aliphatic rings. The maximum Gasteiger partial charge on any atom is 0.322 e. The fourth-order valence-corrected chi connectivity index (χ4v) is 3.07. The minimum Gasteiger partial charge on any atom is -0.356 e. The first-order valence-electron chi connectivity index (χ1n) is 7.44. The van der Waals surface area contributed by atoms with Crippen LogP contribution in [-0.4, -0.2) is 28.3 Å². The molecule has 4 rings (SSSR count). The van der Waals surface area contributed by atoms with E-state index in [4.69, 9.17) is 4.74 Å². The molecule has 2 fully saturated rings. The molecule has 0 aliphatic carbocycles. The van der Waals surface area contributed by atoms with Crippen LogP contribution in [0.5, 0.6) is 0 Å². The summed E-state index contributed by atoms with van der Waals surface area (Å²) in [4.78, 5) is 23.3. The first-order chi connectivity index (χ1) is 10.7. The van der Waals surface area contributed by atoms with Crippen LogP contribution < -0.4 is 10.6 Å². The number of urea groups is 1. The molecule has 0 saturated carbocycles. The van der Waals surface area contributed by atoms with Gasteiger partial charge in [0, 0.05) is 12.0 Å². The van der Waals surface area contributed by atoms with E-state index < -0.39 is 12.1 Å². The lowest BCUT2D eigenvalue weighted by Crippen LogP contribution is -2.22. The highest BCUT2D eigenvalue weighted by Gasteiger charge is 2.35. The third-order valence-electron chi connectivity index (χ3n) is 4.12. The van der Waals surface area contributed by atoms with Crippen molar-refractivity contribution in [1.29, 1.82) is 0 Å². The summed E-state index contributed by atoms with van der Waals surface area (Å²) in [7, 11) is 0. The quantitative estimate of drug-likeness (QED) is 0.825. The number of ether oxygens (including phenoxy) is 1. The van der Waals surface area contributed by atoms with E-state index in [1.165, 1.54) is 0 Å². The number of hydrogen-bond acceptors (Lipinski definition) is 4. The van der Waals surface area contributed by atoms with E-state index in [2.05, 4.69) is 15.7 Å². The predicted octanol–water partition coefficient (Wildman–Crippen LogP) is 1.62. The normalized spacial score (nSPS) is 25.3. The smallest absolute Gasteiger partial charge is 0.322 e. The molecule has 2 atom stereocenters. The first kappa shape index (κ1) is 13.3. The molecule has 0 bridgehead atoms. The molecule has 0 unspecified atom stereocenters. The maximum atomic E-state index is 11.9. The molecule has 3 heterocycles. The number of aromatic nitrogens is 2. The van der Waals surface area contributed by atoms with Crippen LogP contribution in [0, 0.1) is 0 Å². The molecule has 0 spiro atoms. The second-order valence-corrected chi connectivity index (χ2v) is 5.56. The van der Waals surface area contributed by atoms with E-state index >= 15 is 0 Å². The molecule has 114 valence electrons. The molecular weight excluding hydrogens is 284 g/mol. The van der Waals surface area contributed by atoms with Crippen LogP contribution in [0.4, 0.5) is 4.79 Å². The molecule has 2 aliphatic heterocycles. The highest BCUT2D eigenvalue weighted by molar-refractivity contribution is 6.06. The van der Waals surface area contributed by atoms with Crippen molar-refractivity contribution in [2.75, 3.05) is 6.61 Å². The molecule has 3 amide bonds. The van der Waals surface area contributed by atoms with Gasteiger partial charge in [0.15, 0.2) is 12.3 Å². The molecule has 2 saturated heterocycles. The number of carbonyl (C=O) groups excluding carboxylic acids is 2. The van der Waals surface area contributed by atoms with Gasteiger partial charge in [0.25, 0.3) is 5.91 Å². The van der Waals surface area contributed by atoms with Crippen LogP contribution in [0.25, 0.3) is 10.9 Å². The van der Waals surface area contributed by atoms with Crippen molar-refractivity contribution in [1.82, 2.24) is 20.4 Å². The van der Waals surface area contributed by atoms with Crippen molar-refractivity contribution >= 4 is 22.8 Å². The Balaban J connectivity index is 1.82. The Kier molecular flexibility index (Phi) is 3.07. The Morgan fingerprint density at radius 1 is 1.23 bits per heavy atom. The summed E-state index contributed by atoms with van der Waals surface area (Å²) < 4.78 is 7.64. The van der Waals surface area contributed by atoms with Crippen LogP contribution in [0.1, 0.15) is 37.2 Å². The number of nitrogens with zero attached hydrogens (tertiary/aromatic N) is 2. The molecule has 1 aromatic carbocycles. The summed E-state index contributed by atoms with van der Waals surface area (Å²) in [5.74, 6) is -0.370. The molecular formula is C15H16N4O3. The topological polar surface area (TPSA) is 85.2 Å². The zero-order valence-corrected chi connectivity index (χ0v) is 11.9. The number of nitrogens with one attached hydrogen (secondary N) is 2. The predicted molar refractivity (Wildman–Crippen MR) is 78.0 cm³/mol. The average molecular weight is 300 g/mol. The number of carbonyl (C=O) groups is 2. The average Bonchev–Trinajstić information content (AvgIpc) is 3.08. The van der Waals surface area contributed by atoms with Crippen LogP contribution >= 0.6 is 0 Å². The van der Waals surface area contributed by atoms with E-state index in [-0.39, 0.29) is 12.1 Å².